The molecule has 126 valence electrons. The lowest BCUT2D eigenvalue weighted by atomic mass is 9.96. The smallest absolute Gasteiger partial charge is 0.275 e. The summed E-state index contributed by atoms with van der Waals surface area (Å²) in [5.74, 6) is 0.584. The quantitative estimate of drug-likeness (QED) is 0.331. The third-order valence-corrected chi connectivity index (χ3v) is 15.1. The molecule has 4 aliphatic rings. The molecule has 0 saturated heterocycles. The number of carbonyl (C=O) groups excluding carboxylic acids is 3. The van der Waals surface area contributed by atoms with Crippen molar-refractivity contribution in [3.05, 3.63) is 34.5 Å². The zero-order valence-corrected chi connectivity index (χ0v) is 17.2. The van der Waals surface area contributed by atoms with E-state index in [0.717, 1.165) is 22.1 Å². The lowest BCUT2D eigenvalue weighted by molar-refractivity contribution is -0.139. The first-order valence-corrected chi connectivity index (χ1v) is 15.4. The minimum Gasteiger partial charge on any atom is -0.284 e. The third kappa shape index (κ3) is 2.97. The Balaban J connectivity index is 2.04. The van der Waals surface area contributed by atoms with Gasteiger partial charge < -0.3 is 0 Å². The van der Waals surface area contributed by atoms with E-state index < -0.39 is 36.4 Å². The first-order valence-electron chi connectivity index (χ1n) is 7.02. The summed E-state index contributed by atoms with van der Waals surface area (Å²) < 4.78 is 0. The molecule has 0 N–H and O–H groups in total. The summed E-state index contributed by atoms with van der Waals surface area (Å²) in [7, 11) is 3.93. The zero-order chi connectivity index (χ0) is 16.7. The van der Waals surface area contributed by atoms with Crippen molar-refractivity contribution in [2.24, 2.45) is 0 Å². The molecular weight excluding hydrogens is 421 g/mol. The minimum absolute atomic E-state index is 0.318. The Morgan fingerprint density at radius 2 is 0.958 bits per heavy atom. The van der Waals surface area contributed by atoms with Crippen LogP contribution in [-0.2, 0) is 14.4 Å². The van der Waals surface area contributed by atoms with E-state index in [1.54, 1.807) is 32.4 Å². The second-order valence-corrected chi connectivity index (χ2v) is 15.7. The van der Waals surface area contributed by atoms with E-state index in [1.165, 1.54) is 0 Å². The number of carbonyl (C=O) groups is 3. The molecule has 3 unspecified atom stereocenters. The van der Waals surface area contributed by atoms with Crippen LogP contribution in [0.5, 0.6) is 0 Å². The van der Waals surface area contributed by atoms with Crippen LogP contribution in [0.1, 0.15) is 0 Å². The summed E-state index contributed by atoms with van der Waals surface area (Å²) in [6, 6.07) is 0. The largest absolute Gasteiger partial charge is 0.284 e. The third-order valence-electron chi connectivity index (χ3n) is 3.37. The van der Waals surface area contributed by atoms with E-state index in [-0.39, 0.29) is 9.52 Å². The summed E-state index contributed by atoms with van der Waals surface area (Å²) in [5, 5.41) is 6.14. The van der Waals surface area contributed by atoms with Gasteiger partial charge in [-0.1, -0.05) is 79.2 Å². The van der Waals surface area contributed by atoms with E-state index in [9.17, 15) is 14.4 Å². The highest BCUT2D eigenvalue weighted by Gasteiger charge is 2.43. The maximum atomic E-state index is 12.7. The van der Waals surface area contributed by atoms with E-state index in [2.05, 4.69) is 11.5 Å². The highest BCUT2D eigenvalue weighted by molar-refractivity contribution is 8.90. The van der Waals surface area contributed by atoms with Crippen molar-refractivity contribution in [2.45, 2.75) is 0 Å². The van der Waals surface area contributed by atoms with E-state index in [4.69, 9.17) is 0 Å². The minimum atomic E-state index is -0.845. The van der Waals surface area contributed by atoms with E-state index in [0.29, 0.717) is 9.73 Å². The molecule has 0 spiro atoms. The Morgan fingerprint density at radius 3 is 1.29 bits per heavy atom. The number of hydrogen-bond acceptors (Lipinski definition) is 6. The number of hydrogen-bond donors (Lipinski definition) is 0. The predicted octanol–water partition coefficient (Wildman–Crippen LogP) is 3.56. The van der Waals surface area contributed by atoms with Crippen molar-refractivity contribution in [3.8, 4) is 0 Å². The van der Waals surface area contributed by atoms with E-state index >= 15 is 0 Å². The first kappa shape index (κ1) is 17.4. The molecule has 0 radical (unpaired) electrons. The van der Waals surface area contributed by atoms with Gasteiger partial charge in [0.25, 0.3) is 5.78 Å². The van der Waals surface area contributed by atoms with Crippen molar-refractivity contribution in [2.75, 3.05) is 17.3 Å². The molecule has 3 aliphatic heterocycles. The molecule has 3 atom stereocenters. The molecule has 24 heavy (non-hydrogen) atoms. The maximum Gasteiger partial charge on any atom is 0.275 e. The standard InChI is InChI=1S/C15H12O3S6/c16-10-11(17)13(22-7-1-4-19-22)15(24-9-3-6-21-24)14(12(10)18)23-8-2-5-20-23/h1-3,7-9H,4-6H2. The van der Waals surface area contributed by atoms with Gasteiger partial charge in [0, 0.05) is 22.1 Å². The molecular formula is C15H12O3S6. The molecule has 0 bridgehead atoms. The maximum absolute atomic E-state index is 12.7. The predicted molar refractivity (Wildman–Crippen MR) is 118 cm³/mol. The lowest BCUT2D eigenvalue weighted by Crippen LogP contribution is -2.49. The topological polar surface area (TPSA) is 51.2 Å². The van der Waals surface area contributed by atoms with Crippen molar-refractivity contribution in [3.63, 3.8) is 0 Å². The number of rotatable bonds is 0. The van der Waals surface area contributed by atoms with Crippen LogP contribution in [0.25, 0.3) is 0 Å². The summed E-state index contributed by atoms with van der Waals surface area (Å²) in [5.41, 5.74) is 0. The summed E-state index contributed by atoms with van der Waals surface area (Å²) >= 11 is 0. The van der Waals surface area contributed by atoms with Crippen LogP contribution in [0.3, 0.4) is 0 Å². The molecule has 0 amide bonds. The Hall–Kier alpha value is -0.0600. The van der Waals surface area contributed by atoms with Crippen molar-refractivity contribution in [1.82, 2.24) is 0 Å². The highest BCUT2D eigenvalue weighted by atomic mass is 33.1. The summed E-state index contributed by atoms with van der Waals surface area (Å²) in [4.78, 5) is 39.9. The Morgan fingerprint density at radius 1 is 0.583 bits per heavy atom. The fourth-order valence-corrected chi connectivity index (χ4v) is 14.9. The Kier molecular flexibility index (Phi) is 5.27. The molecule has 3 heterocycles. The molecule has 1 aliphatic carbocycles. The summed E-state index contributed by atoms with van der Waals surface area (Å²) in [6.07, 6.45) is 6.17. The monoisotopic (exact) mass is 432 g/mol. The van der Waals surface area contributed by atoms with Crippen LogP contribution >= 0.6 is 60.9 Å². The van der Waals surface area contributed by atoms with Crippen molar-refractivity contribution in [1.29, 1.82) is 0 Å². The highest BCUT2D eigenvalue weighted by Crippen LogP contribution is 2.48. The normalized spacial score (nSPS) is 35.8. The number of ketones is 3. The Bertz CT molecular complexity index is 816. The van der Waals surface area contributed by atoms with Crippen LogP contribution in [0.4, 0.5) is 0 Å². The van der Waals surface area contributed by atoms with Gasteiger partial charge in [-0.05, 0) is 16.2 Å². The van der Waals surface area contributed by atoms with Gasteiger partial charge in [0.15, 0.2) is 0 Å². The second kappa shape index (κ2) is 7.28. The molecule has 1 fully saturated rings. The van der Waals surface area contributed by atoms with Crippen LogP contribution < -0.4 is 0 Å². The molecule has 3 nitrogen and oxygen atoms in total. The molecule has 9 heteroatoms. The molecule has 0 aromatic rings. The van der Waals surface area contributed by atoms with Gasteiger partial charge >= 0.3 is 0 Å². The summed E-state index contributed by atoms with van der Waals surface area (Å²) in [6.45, 7) is 0. The fraction of sp³-hybridized carbons (Fsp3) is 0.200. The number of Topliss-reactive ketones (excluding diaryl/α,β-unsaturated/α-hetero) is 3. The van der Waals surface area contributed by atoms with Gasteiger partial charge in [-0.15, -0.1) is 0 Å². The average molecular weight is 433 g/mol. The first-order chi connectivity index (χ1) is 11.7. The Labute approximate surface area is 158 Å². The zero-order valence-electron chi connectivity index (χ0n) is 12.3. The molecule has 0 aromatic carbocycles. The van der Waals surface area contributed by atoms with Crippen LogP contribution in [0.2, 0.25) is 0 Å². The van der Waals surface area contributed by atoms with Gasteiger partial charge in [0.1, 0.15) is 0 Å². The lowest BCUT2D eigenvalue weighted by Gasteiger charge is -2.23. The van der Waals surface area contributed by atoms with Gasteiger partial charge in [-0.25, -0.2) is 0 Å². The van der Waals surface area contributed by atoms with Crippen LogP contribution in [-0.4, -0.2) is 49.2 Å². The van der Waals surface area contributed by atoms with Gasteiger partial charge in [-0.3, -0.25) is 14.4 Å². The van der Waals surface area contributed by atoms with Gasteiger partial charge in [0.05, 0.1) is 9.73 Å². The van der Waals surface area contributed by atoms with E-state index in [1.807, 2.05) is 23.0 Å². The van der Waals surface area contributed by atoms with Crippen molar-refractivity contribution >= 4 is 92.9 Å². The molecule has 0 aromatic heterocycles. The fourth-order valence-electron chi connectivity index (χ4n) is 2.38. The van der Waals surface area contributed by atoms with Crippen molar-refractivity contribution < 1.29 is 14.4 Å². The molecule has 4 rings (SSSR count). The van der Waals surface area contributed by atoms with Gasteiger partial charge in [-0.2, -0.15) is 0 Å². The SMILES string of the molecule is O=C1C(=O)C(=S2C=CCS2)C(=S2C=CCS2)C(=S2C=CCS2)C1=O. The van der Waals surface area contributed by atoms with Crippen LogP contribution in [0.15, 0.2) is 34.5 Å². The van der Waals surface area contributed by atoms with Crippen LogP contribution in [0, 0.1) is 0 Å². The molecule has 1 saturated carbocycles. The average Bonchev–Trinajstić information content (AvgIpc) is 3.34. The van der Waals surface area contributed by atoms with Gasteiger partial charge in [0.2, 0.25) is 11.6 Å². The second-order valence-electron chi connectivity index (χ2n) is 4.84.